The number of carbonyl (C=O) groups excluding carboxylic acids is 2. The third-order valence-electron chi connectivity index (χ3n) is 2.60. The summed E-state index contributed by atoms with van der Waals surface area (Å²) in [4.78, 5) is 24.0. The normalized spacial score (nSPS) is 12.4. The van der Waals surface area contributed by atoms with Crippen molar-refractivity contribution in [3.8, 4) is 0 Å². The van der Waals surface area contributed by atoms with E-state index in [1.807, 2.05) is 0 Å². The number of alkyl carbamates (subject to hydrolysis) is 1. The van der Waals surface area contributed by atoms with Gasteiger partial charge in [0, 0.05) is 0 Å². The fourth-order valence-corrected chi connectivity index (χ4v) is 1.72. The summed E-state index contributed by atoms with van der Waals surface area (Å²) in [5.41, 5.74) is -1.17. The fraction of sp³-hybridized carbons (Fsp3) is 0.375. The lowest BCUT2D eigenvalue weighted by molar-refractivity contribution is 0.0492. The van der Waals surface area contributed by atoms with E-state index < -0.39 is 40.7 Å². The minimum absolute atomic E-state index is 0.0635. The van der Waals surface area contributed by atoms with E-state index in [1.54, 1.807) is 20.8 Å². The van der Waals surface area contributed by atoms with Gasteiger partial charge in [-0.05, 0) is 45.4 Å². The summed E-state index contributed by atoms with van der Waals surface area (Å²) < 4.78 is 31.9. The van der Waals surface area contributed by atoms with Crippen molar-refractivity contribution in [3.05, 3.63) is 48.1 Å². The molecule has 6 heteroatoms. The van der Waals surface area contributed by atoms with E-state index in [0.29, 0.717) is 0 Å². The quantitative estimate of drug-likeness (QED) is 0.667. The predicted octanol–water partition coefficient (Wildman–Crippen LogP) is 3.62. The standard InChI is InChI=1S/C16H19F2NO3/c1-5-6-13(19-15(21)22-16(2,3)4)14(20)11-9-10(17)7-8-12(11)18/h5,7-9,13H,1,6H2,2-4H3,(H,19,21). The maximum atomic E-state index is 13.7. The van der Waals surface area contributed by atoms with Gasteiger partial charge in [-0.3, -0.25) is 4.79 Å². The van der Waals surface area contributed by atoms with Gasteiger partial charge in [0.15, 0.2) is 5.78 Å². The number of ether oxygens (including phenoxy) is 1. The van der Waals surface area contributed by atoms with Crippen molar-refractivity contribution >= 4 is 11.9 Å². The molecule has 120 valence electrons. The highest BCUT2D eigenvalue weighted by Crippen LogP contribution is 2.14. The molecule has 0 aliphatic heterocycles. The highest BCUT2D eigenvalue weighted by atomic mass is 19.1. The molecule has 0 aliphatic rings. The molecule has 4 nitrogen and oxygen atoms in total. The zero-order valence-electron chi connectivity index (χ0n) is 12.8. The summed E-state index contributed by atoms with van der Waals surface area (Å²) in [6.45, 7) is 8.50. The Balaban J connectivity index is 2.95. The first kappa shape index (κ1) is 17.8. The molecule has 0 bridgehead atoms. The Morgan fingerprint density at radius 3 is 2.55 bits per heavy atom. The molecule has 0 radical (unpaired) electrons. The Morgan fingerprint density at radius 2 is 2.00 bits per heavy atom. The van der Waals surface area contributed by atoms with Crippen LogP contribution in [-0.2, 0) is 4.74 Å². The maximum Gasteiger partial charge on any atom is 0.408 e. The van der Waals surface area contributed by atoms with Crippen molar-refractivity contribution in [2.24, 2.45) is 0 Å². The van der Waals surface area contributed by atoms with Crippen LogP contribution in [0, 0.1) is 11.6 Å². The van der Waals surface area contributed by atoms with Crippen LogP contribution in [0.2, 0.25) is 0 Å². The molecule has 22 heavy (non-hydrogen) atoms. The Kier molecular flexibility index (Phi) is 5.79. The van der Waals surface area contributed by atoms with Gasteiger partial charge in [-0.1, -0.05) is 6.08 Å². The summed E-state index contributed by atoms with van der Waals surface area (Å²) in [5, 5.41) is 2.35. The lowest BCUT2D eigenvalue weighted by Crippen LogP contribution is -2.43. The van der Waals surface area contributed by atoms with Crippen LogP contribution < -0.4 is 5.32 Å². The molecule has 1 aromatic carbocycles. The molecule has 0 aromatic heterocycles. The number of nitrogens with one attached hydrogen (secondary N) is 1. The number of rotatable bonds is 5. The zero-order valence-corrected chi connectivity index (χ0v) is 12.8. The molecular formula is C16H19F2NO3. The van der Waals surface area contributed by atoms with Gasteiger partial charge >= 0.3 is 6.09 Å². The van der Waals surface area contributed by atoms with E-state index in [9.17, 15) is 18.4 Å². The second-order valence-electron chi connectivity index (χ2n) is 5.71. The second-order valence-corrected chi connectivity index (χ2v) is 5.71. The average Bonchev–Trinajstić information content (AvgIpc) is 2.38. The van der Waals surface area contributed by atoms with Gasteiger partial charge in [-0.25, -0.2) is 13.6 Å². The zero-order chi connectivity index (χ0) is 16.9. The largest absolute Gasteiger partial charge is 0.444 e. The molecule has 1 atom stereocenters. The number of hydrogen-bond acceptors (Lipinski definition) is 3. The Hall–Kier alpha value is -2.24. The van der Waals surface area contributed by atoms with Gasteiger partial charge in [0.2, 0.25) is 0 Å². The van der Waals surface area contributed by atoms with Crippen LogP contribution in [-0.4, -0.2) is 23.5 Å². The minimum Gasteiger partial charge on any atom is -0.444 e. The van der Waals surface area contributed by atoms with Crippen molar-refractivity contribution in [2.75, 3.05) is 0 Å². The van der Waals surface area contributed by atoms with Crippen molar-refractivity contribution in [3.63, 3.8) is 0 Å². The molecule has 0 saturated carbocycles. The first-order valence-electron chi connectivity index (χ1n) is 6.73. The molecule has 1 aromatic rings. The summed E-state index contributed by atoms with van der Waals surface area (Å²) in [6.07, 6.45) is 0.648. The van der Waals surface area contributed by atoms with Crippen molar-refractivity contribution in [1.29, 1.82) is 0 Å². The van der Waals surface area contributed by atoms with Crippen LogP contribution in [0.25, 0.3) is 0 Å². The summed E-state index contributed by atoms with van der Waals surface area (Å²) in [7, 11) is 0. The SMILES string of the molecule is C=CCC(NC(=O)OC(C)(C)C)C(=O)c1cc(F)ccc1F. The van der Waals surface area contributed by atoms with Gasteiger partial charge < -0.3 is 10.1 Å². The highest BCUT2D eigenvalue weighted by Gasteiger charge is 2.26. The third kappa shape index (κ3) is 5.27. The van der Waals surface area contributed by atoms with E-state index in [-0.39, 0.29) is 6.42 Å². The number of Topliss-reactive ketones (excluding diaryl/α,β-unsaturated/α-hetero) is 1. The van der Waals surface area contributed by atoms with E-state index in [0.717, 1.165) is 18.2 Å². The Labute approximate surface area is 128 Å². The van der Waals surface area contributed by atoms with Gasteiger partial charge in [0.05, 0.1) is 11.6 Å². The topological polar surface area (TPSA) is 55.4 Å². The molecule has 1 amide bonds. The lowest BCUT2D eigenvalue weighted by Gasteiger charge is -2.22. The second kappa shape index (κ2) is 7.15. The van der Waals surface area contributed by atoms with Crippen LogP contribution in [0.4, 0.5) is 13.6 Å². The summed E-state index contributed by atoms with van der Waals surface area (Å²) in [6, 6.07) is 1.49. The van der Waals surface area contributed by atoms with Gasteiger partial charge in [0.1, 0.15) is 17.2 Å². The maximum absolute atomic E-state index is 13.7. The number of ketones is 1. The molecule has 1 unspecified atom stereocenters. The Morgan fingerprint density at radius 1 is 1.36 bits per heavy atom. The predicted molar refractivity (Wildman–Crippen MR) is 78.7 cm³/mol. The lowest BCUT2D eigenvalue weighted by atomic mass is 10.0. The number of carbonyl (C=O) groups is 2. The van der Waals surface area contributed by atoms with Gasteiger partial charge in [0.25, 0.3) is 0 Å². The van der Waals surface area contributed by atoms with E-state index in [2.05, 4.69) is 11.9 Å². The third-order valence-corrected chi connectivity index (χ3v) is 2.60. The smallest absolute Gasteiger partial charge is 0.408 e. The first-order chi connectivity index (χ1) is 10.1. The summed E-state index contributed by atoms with van der Waals surface area (Å²) in [5.74, 6) is -2.34. The van der Waals surface area contributed by atoms with E-state index in [4.69, 9.17) is 4.74 Å². The van der Waals surface area contributed by atoms with Crippen LogP contribution in [0.3, 0.4) is 0 Å². The van der Waals surface area contributed by atoms with Crippen LogP contribution in [0.15, 0.2) is 30.9 Å². The number of hydrogen-bond donors (Lipinski definition) is 1. The minimum atomic E-state index is -1.08. The molecule has 0 fully saturated rings. The molecular weight excluding hydrogens is 292 g/mol. The highest BCUT2D eigenvalue weighted by molar-refractivity contribution is 6.01. The van der Waals surface area contributed by atoms with Crippen molar-refractivity contribution < 1.29 is 23.1 Å². The molecule has 1 N–H and O–H groups in total. The van der Waals surface area contributed by atoms with Crippen LogP contribution in [0.1, 0.15) is 37.6 Å². The average molecular weight is 311 g/mol. The molecule has 1 rings (SSSR count). The number of halogens is 2. The fourth-order valence-electron chi connectivity index (χ4n) is 1.72. The molecule has 0 aliphatic carbocycles. The number of amides is 1. The van der Waals surface area contributed by atoms with Gasteiger partial charge in [-0.2, -0.15) is 0 Å². The first-order valence-corrected chi connectivity index (χ1v) is 6.73. The summed E-state index contributed by atoms with van der Waals surface area (Å²) >= 11 is 0. The monoisotopic (exact) mass is 311 g/mol. The van der Waals surface area contributed by atoms with E-state index in [1.165, 1.54) is 6.08 Å². The molecule has 0 saturated heterocycles. The van der Waals surface area contributed by atoms with Crippen LogP contribution in [0.5, 0.6) is 0 Å². The molecule has 0 heterocycles. The van der Waals surface area contributed by atoms with E-state index >= 15 is 0 Å². The van der Waals surface area contributed by atoms with Crippen molar-refractivity contribution in [1.82, 2.24) is 5.32 Å². The number of benzene rings is 1. The van der Waals surface area contributed by atoms with Gasteiger partial charge in [-0.15, -0.1) is 6.58 Å². The van der Waals surface area contributed by atoms with Crippen molar-refractivity contribution in [2.45, 2.75) is 38.8 Å². The molecule has 0 spiro atoms. The Bertz CT molecular complexity index is 579. The van der Waals surface area contributed by atoms with Crippen LogP contribution >= 0.6 is 0 Å².